The number of fused-ring (bicyclic) bond motifs is 2. The molecule has 0 spiro atoms. The minimum atomic E-state index is 0.0680. The van der Waals surface area contributed by atoms with Gasteiger partial charge in [-0.3, -0.25) is 4.79 Å². The number of carbonyl (C=O) groups is 1. The second kappa shape index (κ2) is 8.04. The Balaban J connectivity index is 1.56. The maximum absolute atomic E-state index is 12.6. The molecule has 2 saturated carbocycles. The van der Waals surface area contributed by atoms with Gasteiger partial charge in [-0.15, -0.1) is 0 Å². The summed E-state index contributed by atoms with van der Waals surface area (Å²) in [5.41, 5.74) is 1.74. The summed E-state index contributed by atoms with van der Waals surface area (Å²) in [6.45, 7) is 14.6. The van der Waals surface area contributed by atoms with Crippen LogP contribution in [0.15, 0.2) is 12.2 Å². The minimum absolute atomic E-state index is 0.0680. The van der Waals surface area contributed by atoms with Crippen LogP contribution in [0.4, 0.5) is 0 Å². The second-order valence-electron chi connectivity index (χ2n) is 10.2. The van der Waals surface area contributed by atoms with E-state index in [0.717, 1.165) is 25.3 Å². The lowest BCUT2D eigenvalue weighted by Crippen LogP contribution is -2.90. The predicted molar refractivity (Wildman–Crippen MR) is 106 cm³/mol. The number of carbonyl (C=O) groups excluding carboxylic acids is 1. The number of allylic oxidation sites excluding steroid dienone is 1. The molecule has 0 bridgehead atoms. The van der Waals surface area contributed by atoms with E-state index < -0.39 is 0 Å². The first kappa shape index (κ1) is 19.9. The quantitative estimate of drug-likeness (QED) is 0.548. The predicted octanol–water partition coefficient (Wildman–Crippen LogP) is 4.08. The van der Waals surface area contributed by atoms with Gasteiger partial charge in [0.05, 0.1) is 12.6 Å². The van der Waals surface area contributed by atoms with Crippen LogP contribution < -0.4 is 5.32 Å². The van der Waals surface area contributed by atoms with Crippen molar-refractivity contribution >= 4 is 5.97 Å². The van der Waals surface area contributed by atoms with E-state index in [9.17, 15) is 4.79 Å². The highest BCUT2D eigenvalue weighted by molar-refractivity contribution is 5.75. The summed E-state index contributed by atoms with van der Waals surface area (Å²) in [4.78, 5) is 12.6. The van der Waals surface area contributed by atoms with Crippen LogP contribution >= 0.6 is 0 Å². The lowest BCUT2D eigenvalue weighted by molar-refractivity contribution is -0.690. The average molecular weight is 363 g/mol. The highest BCUT2D eigenvalue weighted by Crippen LogP contribution is 2.56. The zero-order valence-corrected chi connectivity index (χ0v) is 17.4. The molecule has 0 aromatic rings. The number of quaternary nitrogens is 1. The molecular weight excluding hydrogens is 322 g/mol. The summed E-state index contributed by atoms with van der Waals surface area (Å²) in [5.74, 6) is 1.95. The van der Waals surface area contributed by atoms with Crippen LogP contribution in [0, 0.1) is 29.1 Å². The molecule has 0 aromatic carbocycles. The van der Waals surface area contributed by atoms with Crippen molar-refractivity contribution in [3.8, 4) is 0 Å². The molecule has 3 fully saturated rings. The second-order valence-corrected chi connectivity index (χ2v) is 10.2. The van der Waals surface area contributed by atoms with Crippen LogP contribution in [0.2, 0.25) is 0 Å². The van der Waals surface area contributed by atoms with E-state index in [1.807, 2.05) is 0 Å². The molecule has 3 heteroatoms. The lowest BCUT2D eigenvalue weighted by Gasteiger charge is -2.49. The third-order valence-electron chi connectivity index (χ3n) is 7.55. The van der Waals surface area contributed by atoms with Gasteiger partial charge in [-0.25, -0.2) is 0 Å². The van der Waals surface area contributed by atoms with E-state index >= 15 is 0 Å². The highest BCUT2D eigenvalue weighted by Gasteiger charge is 2.55. The van der Waals surface area contributed by atoms with Crippen molar-refractivity contribution < 1.29 is 14.8 Å². The van der Waals surface area contributed by atoms with Gasteiger partial charge in [0.15, 0.2) is 0 Å². The number of hydrogen-bond donors (Lipinski definition) is 1. The normalized spacial score (nSPS) is 38.0. The Bertz CT molecular complexity index is 528. The van der Waals surface area contributed by atoms with E-state index in [0.29, 0.717) is 23.3 Å². The van der Waals surface area contributed by atoms with E-state index in [1.54, 1.807) is 0 Å². The Kier molecular flexibility index (Phi) is 6.16. The van der Waals surface area contributed by atoms with E-state index in [2.05, 4.69) is 39.6 Å². The van der Waals surface area contributed by atoms with Crippen molar-refractivity contribution in [3.63, 3.8) is 0 Å². The van der Waals surface area contributed by atoms with E-state index in [1.165, 1.54) is 44.1 Å². The fourth-order valence-electron chi connectivity index (χ4n) is 5.87. The molecule has 3 rings (SSSR count). The Morgan fingerprint density at radius 3 is 2.81 bits per heavy atom. The van der Waals surface area contributed by atoms with Crippen molar-refractivity contribution in [1.29, 1.82) is 0 Å². The molecule has 2 N–H and O–H groups in total. The van der Waals surface area contributed by atoms with Crippen molar-refractivity contribution in [2.45, 2.75) is 91.2 Å². The van der Waals surface area contributed by atoms with Crippen molar-refractivity contribution in [1.82, 2.24) is 0 Å². The van der Waals surface area contributed by atoms with Crippen LogP contribution in [0.25, 0.3) is 0 Å². The number of esters is 1. The molecule has 3 nitrogen and oxygen atoms in total. The summed E-state index contributed by atoms with van der Waals surface area (Å²) < 4.78 is 5.88. The Morgan fingerprint density at radius 1 is 1.31 bits per heavy atom. The highest BCUT2D eigenvalue weighted by atomic mass is 16.6. The van der Waals surface area contributed by atoms with Crippen LogP contribution in [0.3, 0.4) is 0 Å². The molecule has 3 aliphatic rings. The Hall–Kier alpha value is -0.830. The third kappa shape index (κ3) is 4.18. The first-order valence-corrected chi connectivity index (χ1v) is 11.0. The number of nitrogens with two attached hydrogens (primary N) is 1. The number of hydrogen-bond acceptors (Lipinski definition) is 2. The molecule has 0 aromatic heterocycles. The first-order valence-electron chi connectivity index (χ1n) is 11.0. The van der Waals surface area contributed by atoms with Crippen molar-refractivity contribution in [3.05, 3.63) is 12.2 Å². The molecule has 0 amide bonds. The summed E-state index contributed by atoms with van der Waals surface area (Å²) in [7, 11) is 0. The largest absolute Gasteiger partial charge is 0.462 e. The molecule has 1 aliphatic heterocycles. The molecule has 26 heavy (non-hydrogen) atoms. The van der Waals surface area contributed by atoms with Gasteiger partial charge in [-0.05, 0) is 69.1 Å². The first-order chi connectivity index (χ1) is 12.3. The van der Waals surface area contributed by atoms with Crippen LogP contribution in [-0.4, -0.2) is 24.7 Å². The van der Waals surface area contributed by atoms with Crippen LogP contribution in [0.1, 0.15) is 79.1 Å². The molecular formula is C23H40NO2+. The van der Waals surface area contributed by atoms with Gasteiger partial charge in [0.25, 0.3) is 0 Å². The number of rotatable bonds is 7. The number of ether oxygens (including phenoxy) is 1. The summed E-state index contributed by atoms with van der Waals surface area (Å²) in [6.07, 6.45) is 9.85. The SMILES string of the molecule is C=C1CCC[C@]2(C)C[C@H]3OC(=O)[C@H](C[NH2+][C@H](C)CCCC(C)C)[C@H]3C[C@H]12. The third-order valence-corrected chi connectivity index (χ3v) is 7.55. The Morgan fingerprint density at radius 2 is 2.08 bits per heavy atom. The minimum Gasteiger partial charge on any atom is -0.462 e. The molecule has 148 valence electrons. The maximum atomic E-state index is 12.6. The summed E-state index contributed by atoms with van der Waals surface area (Å²) in [6, 6.07) is 0.596. The van der Waals surface area contributed by atoms with Gasteiger partial charge in [0.1, 0.15) is 12.0 Å². The van der Waals surface area contributed by atoms with Gasteiger partial charge < -0.3 is 10.1 Å². The average Bonchev–Trinajstić information content (AvgIpc) is 2.84. The van der Waals surface area contributed by atoms with Gasteiger partial charge in [0, 0.05) is 5.92 Å². The summed E-state index contributed by atoms with van der Waals surface area (Å²) in [5, 5.41) is 2.40. The standard InChI is InChI=1S/C23H39NO2/c1-15(2)8-6-10-17(4)24-14-19-18-12-20-16(3)9-7-11-23(20,5)13-21(18)26-22(19)25/h15,17-21,24H,3,6-14H2,1-2,4-5H3/p+1/t17-,18-,19-,20-,21-,23-/m1/s1. The maximum Gasteiger partial charge on any atom is 0.315 e. The molecule has 1 heterocycles. The van der Waals surface area contributed by atoms with Crippen molar-refractivity contribution in [2.75, 3.05) is 6.54 Å². The monoisotopic (exact) mass is 362 g/mol. The molecule has 6 atom stereocenters. The van der Waals surface area contributed by atoms with Gasteiger partial charge in [-0.1, -0.05) is 39.3 Å². The molecule has 1 saturated heterocycles. The fourth-order valence-corrected chi connectivity index (χ4v) is 5.87. The smallest absolute Gasteiger partial charge is 0.315 e. The topological polar surface area (TPSA) is 42.9 Å². The van der Waals surface area contributed by atoms with Gasteiger partial charge in [0.2, 0.25) is 0 Å². The van der Waals surface area contributed by atoms with Crippen molar-refractivity contribution in [2.24, 2.45) is 29.1 Å². The van der Waals surface area contributed by atoms with Gasteiger partial charge >= 0.3 is 5.97 Å². The van der Waals surface area contributed by atoms with Gasteiger partial charge in [-0.2, -0.15) is 0 Å². The van der Waals surface area contributed by atoms with E-state index in [4.69, 9.17) is 4.74 Å². The molecule has 0 radical (unpaired) electrons. The fraction of sp³-hybridized carbons (Fsp3) is 0.870. The zero-order chi connectivity index (χ0) is 18.9. The van der Waals surface area contributed by atoms with Crippen LogP contribution in [0.5, 0.6) is 0 Å². The lowest BCUT2D eigenvalue weighted by atomic mass is 9.55. The Labute approximate surface area is 160 Å². The van der Waals surface area contributed by atoms with E-state index in [-0.39, 0.29) is 18.0 Å². The molecule has 0 unspecified atom stereocenters. The molecule has 2 aliphatic carbocycles. The summed E-state index contributed by atoms with van der Waals surface area (Å²) >= 11 is 0. The van der Waals surface area contributed by atoms with Crippen LogP contribution in [-0.2, 0) is 9.53 Å². The zero-order valence-electron chi connectivity index (χ0n) is 17.4.